The Kier molecular flexibility index (Phi) is 3.36. The fraction of sp³-hybridized carbons (Fsp3) is 0.571. The van der Waals surface area contributed by atoms with Crippen molar-refractivity contribution < 1.29 is 13.9 Å². The Morgan fingerprint density at radius 1 is 1.33 bits per heavy atom. The van der Waals surface area contributed by atoms with Gasteiger partial charge in [0.05, 0.1) is 44.4 Å². The van der Waals surface area contributed by atoms with Crippen molar-refractivity contribution in [1.29, 1.82) is 0 Å². The first-order valence-corrected chi connectivity index (χ1v) is 7.29. The van der Waals surface area contributed by atoms with Gasteiger partial charge in [-0.15, -0.1) is 0 Å². The third-order valence-electron chi connectivity index (χ3n) is 3.83. The molecule has 2 aromatic heterocycles. The number of rotatable bonds is 6. The molecule has 1 aliphatic heterocycles. The highest BCUT2D eigenvalue weighted by Crippen LogP contribution is 2.39. The van der Waals surface area contributed by atoms with Gasteiger partial charge in [-0.1, -0.05) is 0 Å². The van der Waals surface area contributed by atoms with Gasteiger partial charge in [-0.25, -0.2) is 4.98 Å². The Balaban J connectivity index is 1.32. The lowest BCUT2D eigenvalue weighted by atomic mass is 10.2. The van der Waals surface area contributed by atoms with Crippen LogP contribution in [0, 0.1) is 0 Å². The Morgan fingerprint density at radius 3 is 3.10 bits per heavy atom. The molecule has 7 nitrogen and oxygen atoms in total. The van der Waals surface area contributed by atoms with Crippen molar-refractivity contribution in [1.82, 2.24) is 20.5 Å². The molecule has 7 heteroatoms. The van der Waals surface area contributed by atoms with Crippen LogP contribution in [0.25, 0.3) is 0 Å². The molecule has 21 heavy (non-hydrogen) atoms. The Morgan fingerprint density at radius 2 is 2.29 bits per heavy atom. The third-order valence-corrected chi connectivity index (χ3v) is 3.83. The molecule has 2 aromatic rings. The standard InChI is InChI=1S/C14H18N4O3/c1-2-9(1)14-16-4-10(21-14)3-15-12-7-19-8-13(12)20-11-5-17-18-6-11/h4-6,9,12-13,15H,1-3,7-8H2,(H,17,18)/t12-,13+/m0/s1. The number of aromatic amines is 1. The predicted octanol–water partition coefficient (Wildman–Crippen LogP) is 1.21. The van der Waals surface area contributed by atoms with Crippen LogP contribution in [0.2, 0.25) is 0 Å². The number of hydrogen-bond acceptors (Lipinski definition) is 6. The maximum Gasteiger partial charge on any atom is 0.197 e. The van der Waals surface area contributed by atoms with E-state index in [0.29, 0.717) is 25.7 Å². The van der Waals surface area contributed by atoms with E-state index in [2.05, 4.69) is 20.5 Å². The minimum atomic E-state index is -0.0200. The minimum Gasteiger partial charge on any atom is -0.483 e. The lowest BCUT2D eigenvalue weighted by Crippen LogP contribution is -2.41. The summed E-state index contributed by atoms with van der Waals surface area (Å²) in [6.07, 6.45) is 7.58. The molecule has 112 valence electrons. The SMILES string of the molecule is c1n[nH]cc1O[C@@H]1COC[C@@H]1NCc1cnc(C2CC2)o1. The highest BCUT2D eigenvalue weighted by atomic mass is 16.5. The van der Waals surface area contributed by atoms with Crippen molar-refractivity contribution in [2.24, 2.45) is 0 Å². The van der Waals surface area contributed by atoms with Crippen LogP contribution in [0.15, 0.2) is 23.0 Å². The van der Waals surface area contributed by atoms with Crippen LogP contribution in [0.3, 0.4) is 0 Å². The minimum absolute atomic E-state index is 0.0200. The Hall–Kier alpha value is -1.86. The number of hydrogen-bond donors (Lipinski definition) is 2. The third kappa shape index (κ3) is 2.93. The Bertz CT molecular complexity index is 579. The Labute approximate surface area is 122 Å². The number of nitrogens with one attached hydrogen (secondary N) is 2. The summed E-state index contributed by atoms with van der Waals surface area (Å²) in [5.74, 6) is 3.02. The molecule has 2 fully saturated rings. The number of H-pyrrole nitrogens is 1. The zero-order valence-corrected chi connectivity index (χ0v) is 11.6. The van der Waals surface area contributed by atoms with Gasteiger partial charge in [-0.05, 0) is 12.8 Å². The first-order chi connectivity index (χ1) is 10.4. The number of oxazole rings is 1. The van der Waals surface area contributed by atoms with E-state index in [1.54, 1.807) is 12.4 Å². The molecule has 0 bridgehead atoms. The molecule has 1 aliphatic carbocycles. The molecule has 0 amide bonds. The van der Waals surface area contributed by atoms with Crippen LogP contribution < -0.4 is 10.1 Å². The average Bonchev–Trinajstić information content (AvgIpc) is 2.94. The lowest BCUT2D eigenvalue weighted by Gasteiger charge is -2.18. The molecular formula is C14H18N4O3. The quantitative estimate of drug-likeness (QED) is 0.832. The fourth-order valence-corrected chi connectivity index (χ4v) is 2.47. The number of aromatic nitrogens is 3. The van der Waals surface area contributed by atoms with Crippen molar-refractivity contribution in [3.8, 4) is 5.75 Å². The van der Waals surface area contributed by atoms with E-state index in [-0.39, 0.29) is 12.1 Å². The van der Waals surface area contributed by atoms with Crippen molar-refractivity contribution in [3.05, 3.63) is 30.2 Å². The van der Waals surface area contributed by atoms with Crippen LogP contribution in [-0.2, 0) is 11.3 Å². The van der Waals surface area contributed by atoms with Crippen molar-refractivity contribution in [3.63, 3.8) is 0 Å². The summed E-state index contributed by atoms with van der Waals surface area (Å²) in [6, 6.07) is 0.134. The molecule has 0 spiro atoms. The molecule has 4 rings (SSSR count). The van der Waals surface area contributed by atoms with Crippen molar-refractivity contribution in [2.45, 2.75) is 37.5 Å². The molecule has 0 unspecified atom stereocenters. The monoisotopic (exact) mass is 290 g/mol. The van der Waals surface area contributed by atoms with Crippen LogP contribution in [-0.4, -0.2) is 40.5 Å². The van der Waals surface area contributed by atoms with Gasteiger partial charge in [-0.3, -0.25) is 5.10 Å². The zero-order valence-electron chi connectivity index (χ0n) is 11.6. The summed E-state index contributed by atoms with van der Waals surface area (Å²) in [7, 11) is 0. The summed E-state index contributed by atoms with van der Waals surface area (Å²) >= 11 is 0. The van der Waals surface area contributed by atoms with Gasteiger partial charge in [-0.2, -0.15) is 5.10 Å². The van der Waals surface area contributed by atoms with Gasteiger partial charge >= 0.3 is 0 Å². The van der Waals surface area contributed by atoms with Gasteiger partial charge in [0.15, 0.2) is 11.6 Å². The average molecular weight is 290 g/mol. The van der Waals surface area contributed by atoms with E-state index in [1.807, 2.05) is 6.20 Å². The molecule has 2 aliphatic rings. The maximum atomic E-state index is 5.84. The molecule has 0 radical (unpaired) electrons. The summed E-state index contributed by atoms with van der Waals surface area (Å²) in [6.45, 7) is 1.84. The number of ether oxygens (including phenoxy) is 2. The summed E-state index contributed by atoms with van der Waals surface area (Å²) < 4.78 is 17.1. The van der Waals surface area contributed by atoms with Crippen molar-refractivity contribution >= 4 is 0 Å². The van der Waals surface area contributed by atoms with Crippen LogP contribution in [0.1, 0.15) is 30.4 Å². The van der Waals surface area contributed by atoms with Gasteiger partial charge in [0.1, 0.15) is 11.9 Å². The van der Waals surface area contributed by atoms with Crippen LogP contribution in [0.5, 0.6) is 5.75 Å². The molecule has 1 saturated heterocycles. The molecule has 0 aromatic carbocycles. The van der Waals surface area contributed by atoms with Crippen molar-refractivity contribution in [2.75, 3.05) is 13.2 Å². The van der Waals surface area contributed by atoms with Crippen LogP contribution >= 0.6 is 0 Å². The topological polar surface area (TPSA) is 85.2 Å². The molecule has 3 heterocycles. The van der Waals surface area contributed by atoms with E-state index >= 15 is 0 Å². The van der Waals surface area contributed by atoms with E-state index in [4.69, 9.17) is 13.9 Å². The highest BCUT2D eigenvalue weighted by Gasteiger charge is 2.31. The predicted molar refractivity (Wildman–Crippen MR) is 72.9 cm³/mol. The second-order valence-corrected chi connectivity index (χ2v) is 5.55. The van der Waals surface area contributed by atoms with Gasteiger partial charge in [0, 0.05) is 5.92 Å². The first kappa shape index (κ1) is 12.8. The summed E-state index contributed by atoms with van der Waals surface area (Å²) in [5.41, 5.74) is 0. The van der Waals surface area contributed by atoms with E-state index in [9.17, 15) is 0 Å². The molecule has 1 saturated carbocycles. The smallest absolute Gasteiger partial charge is 0.197 e. The van der Waals surface area contributed by atoms with E-state index in [1.165, 1.54) is 12.8 Å². The second kappa shape index (κ2) is 5.50. The maximum absolute atomic E-state index is 5.84. The summed E-state index contributed by atoms with van der Waals surface area (Å²) in [4.78, 5) is 4.32. The van der Waals surface area contributed by atoms with E-state index < -0.39 is 0 Å². The van der Waals surface area contributed by atoms with Crippen LogP contribution in [0.4, 0.5) is 0 Å². The van der Waals surface area contributed by atoms with Gasteiger partial charge in [0.25, 0.3) is 0 Å². The highest BCUT2D eigenvalue weighted by molar-refractivity contribution is 5.12. The normalized spacial score (nSPS) is 25.3. The second-order valence-electron chi connectivity index (χ2n) is 5.55. The molecule has 2 N–H and O–H groups in total. The lowest BCUT2D eigenvalue weighted by molar-refractivity contribution is 0.139. The largest absolute Gasteiger partial charge is 0.483 e. The summed E-state index contributed by atoms with van der Waals surface area (Å²) in [5, 5.41) is 10.0. The zero-order chi connectivity index (χ0) is 14.1. The van der Waals surface area contributed by atoms with E-state index in [0.717, 1.165) is 17.4 Å². The number of nitrogens with zero attached hydrogens (tertiary/aromatic N) is 2. The molecule has 2 atom stereocenters. The first-order valence-electron chi connectivity index (χ1n) is 7.29. The molecular weight excluding hydrogens is 272 g/mol. The van der Waals surface area contributed by atoms with Gasteiger partial charge in [0.2, 0.25) is 0 Å². The van der Waals surface area contributed by atoms with Gasteiger partial charge < -0.3 is 19.2 Å². The fourth-order valence-electron chi connectivity index (χ4n) is 2.47.